The summed E-state index contributed by atoms with van der Waals surface area (Å²) in [6.45, 7) is 1.69. The number of carbonyl (C=O) groups excluding carboxylic acids is 3. The minimum Gasteiger partial charge on any atom is -0.295 e. The van der Waals surface area contributed by atoms with E-state index in [1.54, 1.807) is 31.3 Å². The van der Waals surface area contributed by atoms with Crippen LogP contribution in [0, 0.1) is 0 Å². The van der Waals surface area contributed by atoms with Gasteiger partial charge in [-0.1, -0.05) is 4.68 Å². The molecule has 2 aromatic rings. The van der Waals surface area contributed by atoms with Crippen LogP contribution in [-0.4, -0.2) is 39.9 Å². The van der Waals surface area contributed by atoms with Crippen LogP contribution in [0.15, 0.2) is 33.6 Å². The molecule has 4 rings (SSSR count). The largest absolute Gasteiger partial charge is 0.431 e. The van der Waals surface area contributed by atoms with Crippen molar-refractivity contribution in [3.8, 4) is 0 Å². The summed E-state index contributed by atoms with van der Waals surface area (Å²) in [5.74, 6) is -0.682. The van der Waals surface area contributed by atoms with Crippen molar-refractivity contribution < 1.29 is 23.6 Å². The number of nitrogens with zero attached hydrogens (tertiary/aromatic N) is 3. The summed E-state index contributed by atoms with van der Waals surface area (Å²) in [4.78, 5) is 52.2. The summed E-state index contributed by atoms with van der Waals surface area (Å²) in [7, 11) is 1.66. The van der Waals surface area contributed by atoms with Gasteiger partial charge in [-0.15, -0.1) is 0 Å². The van der Waals surface area contributed by atoms with E-state index in [1.807, 2.05) is 4.90 Å². The quantitative estimate of drug-likeness (QED) is 0.435. The van der Waals surface area contributed by atoms with Crippen LogP contribution < -0.4 is 15.2 Å². The van der Waals surface area contributed by atoms with Crippen molar-refractivity contribution in [2.45, 2.75) is 44.8 Å². The maximum absolute atomic E-state index is 13.1. The molecule has 2 heterocycles. The summed E-state index contributed by atoms with van der Waals surface area (Å²) in [5, 5.41) is 2.47. The molecule has 2 amide bonds. The van der Waals surface area contributed by atoms with Crippen LogP contribution >= 0.6 is 0 Å². The molecule has 2 aliphatic rings. The molecule has 1 aliphatic carbocycles. The zero-order chi connectivity index (χ0) is 20.0. The van der Waals surface area contributed by atoms with Crippen molar-refractivity contribution in [3.63, 3.8) is 0 Å². The fourth-order valence-corrected chi connectivity index (χ4v) is 3.60. The van der Waals surface area contributed by atoms with E-state index in [0.717, 1.165) is 12.8 Å². The molecule has 2 fully saturated rings. The lowest BCUT2D eigenvalue weighted by Gasteiger charge is -2.25. The predicted octanol–water partition coefficient (Wildman–Crippen LogP) is 0.292. The number of aryl methyl sites for hydroxylation is 1. The number of imide groups is 1. The van der Waals surface area contributed by atoms with Crippen molar-refractivity contribution >= 4 is 23.3 Å². The molecule has 9 nitrogen and oxygen atoms in total. The van der Waals surface area contributed by atoms with E-state index < -0.39 is 11.7 Å². The second kappa shape index (κ2) is 6.83. The molecule has 146 valence electrons. The van der Waals surface area contributed by atoms with E-state index in [-0.39, 0.29) is 36.6 Å². The molecule has 1 atom stereocenters. The van der Waals surface area contributed by atoms with Crippen molar-refractivity contribution in [1.82, 2.24) is 10.2 Å². The fourth-order valence-electron chi connectivity index (χ4n) is 3.60. The van der Waals surface area contributed by atoms with Crippen molar-refractivity contribution in [2.24, 2.45) is 7.05 Å². The first-order chi connectivity index (χ1) is 13.4. The van der Waals surface area contributed by atoms with Crippen LogP contribution in [0.1, 0.15) is 42.2 Å². The normalized spacial score (nSPS) is 19.7. The van der Waals surface area contributed by atoms with Gasteiger partial charge in [0.15, 0.2) is 12.8 Å². The Labute approximate surface area is 160 Å². The third kappa shape index (κ3) is 3.18. The third-order valence-corrected chi connectivity index (χ3v) is 5.32. The van der Waals surface area contributed by atoms with Crippen LogP contribution in [0.2, 0.25) is 0 Å². The molecule has 9 heteroatoms. The van der Waals surface area contributed by atoms with Crippen molar-refractivity contribution in [3.05, 3.63) is 45.9 Å². The Kier molecular flexibility index (Phi) is 4.46. The monoisotopic (exact) mass is 385 g/mol. The Hall–Kier alpha value is -3.07. The SMILES string of the molecule is CC(=O)c1ccc(N2C(=O)CC(N(Cc3c(=O)o[nH][n+]3C)C3CC3)C2=O)cc1. The number of aromatic nitrogens is 2. The van der Waals surface area contributed by atoms with Crippen LogP contribution in [0.5, 0.6) is 0 Å². The number of benzene rings is 1. The number of hydrogen-bond donors (Lipinski definition) is 1. The average Bonchev–Trinajstić information content (AvgIpc) is 3.40. The van der Waals surface area contributed by atoms with Gasteiger partial charge in [-0.05, 0) is 49.3 Å². The molecule has 1 aromatic carbocycles. The van der Waals surface area contributed by atoms with Crippen molar-refractivity contribution in [2.75, 3.05) is 4.90 Å². The molecular weight excluding hydrogens is 364 g/mol. The smallest absolute Gasteiger partial charge is 0.295 e. The molecular formula is C19H21N4O5+. The second-order valence-corrected chi connectivity index (χ2v) is 7.28. The Balaban J connectivity index is 1.59. The van der Waals surface area contributed by atoms with E-state index in [1.165, 1.54) is 16.5 Å². The number of hydrogen-bond acceptors (Lipinski definition) is 6. The molecule has 1 saturated heterocycles. The van der Waals surface area contributed by atoms with Crippen LogP contribution in [0.4, 0.5) is 5.69 Å². The maximum Gasteiger partial charge on any atom is 0.431 e. The van der Waals surface area contributed by atoms with Gasteiger partial charge in [0.1, 0.15) is 0 Å². The minimum absolute atomic E-state index is 0.0588. The predicted molar refractivity (Wildman–Crippen MR) is 96.4 cm³/mol. The molecule has 0 bridgehead atoms. The summed E-state index contributed by atoms with van der Waals surface area (Å²) in [5.41, 5.74) is 0.883. The number of carbonyl (C=O) groups is 3. The number of Topliss-reactive ketones (excluding diaryl/α,β-unsaturated/α-hetero) is 1. The highest BCUT2D eigenvalue weighted by Gasteiger charge is 2.48. The zero-order valence-electron chi connectivity index (χ0n) is 15.7. The van der Waals surface area contributed by atoms with E-state index >= 15 is 0 Å². The van der Waals surface area contributed by atoms with Gasteiger partial charge in [-0.2, -0.15) is 0 Å². The van der Waals surface area contributed by atoms with Gasteiger partial charge in [0.2, 0.25) is 5.91 Å². The van der Waals surface area contributed by atoms with Gasteiger partial charge in [0, 0.05) is 11.6 Å². The van der Waals surface area contributed by atoms with Crippen LogP contribution in [-0.2, 0) is 23.2 Å². The zero-order valence-corrected chi connectivity index (χ0v) is 15.7. The summed E-state index contributed by atoms with van der Waals surface area (Å²) < 4.78 is 6.28. The lowest BCUT2D eigenvalue weighted by Crippen LogP contribution is -2.47. The first-order valence-corrected chi connectivity index (χ1v) is 9.16. The number of H-pyrrole nitrogens is 1. The molecule has 1 N–H and O–H groups in total. The van der Waals surface area contributed by atoms with E-state index in [9.17, 15) is 19.2 Å². The summed E-state index contributed by atoms with van der Waals surface area (Å²) >= 11 is 0. The molecule has 0 spiro atoms. The lowest BCUT2D eigenvalue weighted by molar-refractivity contribution is -0.747. The Morgan fingerprint density at radius 3 is 2.46 bits per heavy atom. The molecule has 1 aliphatic heterocycles. The molecule has 0 radical (unpaired) electrons. The van der Waals surface area contributed by atoms with Crippen molar-refractivity contribution in [1.29, 1.82) is 0 Å². The topological polar surface area (TPSA) is 108 Å². The highest BCUT2D eigenvalue weighted by molar-refractivity contribution is 6.22. The average molecular weight is 385 g/mol. The molecule has 1 saturated carbocycles. The Bertz CT molecular complexity index is 1000. The highest BCUT2D eigenvalue weighted by atomic mass is 16.5. The van der Waals surface area contributed by atoms with Gasteiger partial charge >= 0.3 is 11.3 Å². The number of rotatable bonds is 6. The second-order valence-electron chi connectivity index (χ2n) is 7.28. The molecule has 1 aromatic heterocycles. The number of amides is 2. The number of nitrogens with one attached hydrogen (secondary N) is 1. The number of anilines is 1. The molecule has 1 unspecified atom stereocenters. The van der Waals surface area contributed by atoms with Crippen LogP contribution in [0.3, 0.4) is 0 Å². The van der Waals surface area contributed by atoms with Gasteiger partial charge in [0.25, 0.3) is 5.91 Å². The highest BCUT2D eigenvalue weighted by Crippen LogP contribution is 2.34. The van der Waals surface area contributed by atoms with Crippen LogP contribution in [0.25, 0.3) is 0 Å². The minimum atomic E-state index is -0.623. The Morgan fingerprint density at radius 1 is 1.25 bits per heavy atom. The summed E-state index contributed by atoms with van der Waals surface area (Å²) in [6.07, 6.45) is 1.90. The standard InChI is InChI=1S/C19H20N4O5/c1-11(24)12-3-5-14(6-4-12)23-17(25)9-15(18(23)26)22(13-7-8-13)10-16-19(27)28-20-21(16)2/h3-6,13,15H,7-10H2,1-2H3/p+1. The maximum atomic E-state index is 13.1. The number of aromatic amines is 1. The van der Waals surface area contributed by atoms with Gasteiger partial charge in [-0.3, -0.25) is 23.8 Å². The van der Waals surface area contributed by atoms with Gasteiger partial charge < -0.3 is 0 Å². The third-order valence-electron chi connectivity index (χ3n) is 5.32. The number of ketones is 1. The van der Waals surface area contributed by atoms with Gasteiger partial charge in [0.05, 0.1) is 24.7 Å². The first kappa shape index (κ1) is 18.3. The van der Waals surface area contributed by atoms with E-state index in [4.69, 9.17) is 4.52 Å². The summed E-state index contributed by atoms with van der Waals surface area (Å²) in [6, 6.07) is 5.97. The van der Waals surface area contributed by atoms with E-state index in [0.29, 0.717) is 16.9 Å². The fraction of sp³-hybridized carbons (Fsp3) is 0.421. The molecule has 28 heavy (non-hydrogen) atoms. The van der Waals surface area contributed by atoms with Gasteiger partial charge in [-0.25, -0.2) is 9.69 Å². The van der Waals surface area contributed by atoms with E-state index in [2.05, 4.69) is 5.27 Å². The lowest BCUT2D eigenvalue weighted by atomic mass is 10.1. The Morgan fingerprint density at radius 2 is 1.93 bits per heavy atom. The first-order valence-electron chi connectivity index (χ1n) is 9.16.